The zero-order valence-corrected chi connectivity index (χ0v) is 23.6. The molecule has 212 valence electrons. The largest absolute Gasteiger partial charge is 0.335 e. The molecule has 1 aliphatic rings. The van der Waals surface area contributed by atoms with E-state index in [0.29, 0.717) is 48.7 Å². The van der Waals surface area contributed by atoms with Gasteiger partial charge < -0.3 is 14.4 Å². The number of amides is 2. The zero-order valence-electron chi connectivity index (χ0n) is 23.6. The van der Waals surface area contributed by atoms with Gasteiger partial charge in [0.2, 0.25) is 0 Å². The smallest absolute Gasteiger partial charge is 0.255 e. The van der Waals surface area contributed by atoms with Crippen molar-refractivity contribution in [3.63, 3.8) is 0 Å². The van der Waals surface area contributed by atoms with E-state index in [9.17, 15) is 18.4 Å². The molecule has 7 heteroatoms. The Kier molecular flexibility index (Phi) is 8.62. The molecular weight excluding hydrogens is 520 g/mol. The normalized spacial score (nSPS) is 13.5. The lowest BCUT2D eigenvalue weighted by Crippen LogP contribution is -2.50. The summed E-state index contributed by atoms with van der Waals surface area (Å²) in [4.78, 5) is 30.4. The van der Waals surface area contributed by atoms with Gasteiger partial charge in [0.25, 0.3) is 11.8 Å². The van der Waals surface area contributed by atoms with Crippen LogP contribution in [0.3, 0.4) is 0 Å². The second-order valence-electron chi connectivity index (χ2n) is 10.6. The van der Waals surface area contributed by atoms with Crippen molar-refractivity contribution in [2.24, 2.45) is 0 Å². The summed E-state index contributed by atoms with van der Waals surface area (Å²) in [7, 11) is 0. The second kappa shape index (κ2) is 12.5. The molecule has 41 heavy (non-hydrogen) atoms. The van der Waals surface area contributed by atoms with Crippen molar-refractivity contribution in [1.29, 1.82) is 0 Å². The van der Waals surface area contributed by atoms with Crippen LogP contribution in [-0.4, -0.2) is 52.4 Å². The summed E-state index contributed by atoms with van der Waals surface area (Å²) < 4.78 is 30.3. The van der Waals surface area contributed by atoms with Crippen LogP contribution in [0.25, 0.3) is 16.9 Å². The molecule has 1 fully saturated rings. The number of rotatable bonds is 8. The van der Waals surface area contributed by atoms with Crippen LogP contribution >= 0.6 is 0 Å². The van der Waals surface area contributed by atoms with Crippen molar-refractivity contribution in [2.45, 2.75) is 39.5 Å². The van der Waals surface area contributed by atoms with Gasteiger partial charge in [-0.1, -0.05) is 62.2 Å². The molecule has 5 nitrogen and oxygen atoms in total. The van der Waals surface area contributed by atoms with Crippen LogP contribution in [0.2, 0.25) is 0 Å². The number of benzene rings is 3. The minimum absolute atomic E-state index is 0.0299. The van der Waals surface area contributed by atoms with Gasteiger partial charge in [0.1, 0.15) is 11.6 Å². The predicted molar refractivity (Wildman–Crippen MR) is 157 cm³/mol. The maximum absolute atomic E-state index is 14.9. The Morgan fingerprint density at radius 2 is 1.44 bits per heavy atom. The fourth-order valence-electron chi connectivity index (χ4n) is 5.48. The number of aryl methyl sites for hydroxylation is 1. The number of aromatic nitrogens is 1. The Balaban J connectivity index is 1.33. The molecule has 1 saturated heterocycles. The van der Waals surface area contributed by atoms with E-state index >= 15 is 0 Å². The number of hydrogen-bond acceptors (Lipinski definition) is 2. The summed E-state index contributed by atoms with van der Waals surface area (Å²) >= 11 is 0. The summed E-state index contributed by atoms with van der Waals surface area (Å²) in [6, 6.07) is 22.5. The first-order valence-electron chi connectivity index (χ1n) is 14.3. The molecule has 0 saturated carbocycles. The first-order chi connectivity index (χ1) is 19.9. The molecule has 4 aromatic rings. The van der Waals surface area contributed by atoms with Crippen LogP contribution < -0.4 is 0 Å². The Bertz CT molecular complexity index is 1520. The number of piperazine rings is 1. The van der Waals surface area contributed by atoms with Crippen molar-refractivity contribution >= 4 is 11.8 Å². The molecule has 1 aliphatic heterocycles. The molecule has 0 unspecified atom stereocenters. The summed E-state index contributed by atoms with van der Waals surface area (Å²) in [6.07, 6.45) is 4.54. The van der Waals surface area contributed by atoms with Gasteiger partial charge in [0, 0.05) is 43.5 Å². The van der Waals surface area contributed by atoms with Crippen molar-refractivity contribution in [2.75, 3.05) is 26.2 Å². The molecule has 3 aromatic carbocycles. The predicted octanol–water partition coefficient (Wildman–Crippen LogP) is 7.06. The topological polar surface area (TPSA) is 45.6 Å². The van der Waals surface area contributed by atoms with Crippen molar-refractivity contribution < 1.29 is 18.4 Å². The van der Waals surface area contributed by atoms with Crippen LogP contribution in [-0.2, 0) is 6.42 Å². The lowest BCUT2D eigenvalue weighted by molar-refractivity contribution is 0.0535. The molecule has 0 N–H and O–H groups in total. The number of halogens is 2. The third-order valence-electron chi connectivity index (χ3n) is 7.82. The molecule has 0 aliphatic carbocycles. The number of unbranched alkanes of at least 4 members (excludes halogenated alkanes) is 2. The molecule has 0 spiro atoms. The van der Waals surface area contributed by atoms with E-state index in [4.69, 9.17) is 0 Å². The Morgan fingerprint density at radius 1 is 0.780 bits per heavy atom. The molecular formula is C34H35F2N3O2. The van der Waals surface area contributed by atoms with Gasteiger partial charge in [-0.15, -0.1) is 0 Å². The average molecular weight is 556 g/mol. The molecule has 0 bridgehead atoms. The lowest BCUT2D eigenvalue weighted by atomic mass is 10.0. The second-order valence-corrected chi connectivity index (χ2v) is 10.6. The molecule has 5 rings (SSSR count). The Labute approximate surface area is 240 Å². The first-order valence-corrected chi connectivity index (χ1v) is 14.3. The molecule has 2 heterocycles. The highest BCUT2D eigenvalue weighted by Crippen LogP contribution is 2.31. The van der Waals surface area contributed by atoms with Gasteiger partial charge >= 0.3 is 0 Å². The Morgan fingerprint density at radius 3 is 2.07 bits per heavy atom. The van der Waals surface area contributed by atoms with Gasteiger partial charge in [-0.2, -0.15) is 0 Å². The van der Waals surface area contributed by atoms with Crippen LogP contribution in [0.1, 0.15) is 58.2 Å². The van der Waals surface area contributed by atoms with E-state index in [0.717, 1.165) is 24.5 Å². The summed E-state index contributed by atoms with van der Waals surface area (Å²) in [5, 5.41) is 0. The van der Waals surface area contributed by atoms with E-state index in [1.807, 2.05) is 54.6 Å². The summed E-state index contributed by atoms with van der Waals surface area (Å²) in [5.41, 5.74) is 4.54. The highest BCUT2D eigenvalue weighted by molar-refractivity contribution is 5.98. The average Bonchev–Trinajstić information content (AvgIpc) is 3.34. The van der Waals surface area contributed by atoms with E-state index in [2.05, 4.69) is 6.92 Å². The van der Waals surface area contributed by atoms with Crippen LogP contribution in [0.15, 0.2) is 78.9 Å². The lowest BCUT2D eigenvalue weighted by Gasteiger charge is -2.35. The van der Waals surface area contributed by atoms with Crippen LogP contribution in [0.4, 0.5) is 8.78 Å². The van der Waals surface area contributed by atoms with E-state index in [-0.39, 0.29) is 17.5 Å². The third-order valence-corrected chi connectivity index (χ3v) is 7.82. The van der Waals surface area contributed by atoms with Crippen molar-refractivity contribution in [3.8, 4) is 16.9 Å². The number of carbonyl (C=O) groups is 2. The van der Waals surface area contributed by atoms with Crippen molar-refractivity contribution in [1.82, 2.24) is 14.4 Å². The maximum atomic E-state index is 14.9. The SMILES string of the molecule is CCCCCc1ccc(C(=O)N2CCN(C(=O)c3cc(-c4ccccc4)n(-c4ccc(F)cc4F)c3C)CC2)cc1. The Hall–Kier alpha value is -4.26. The van der Waals surface area contributed by atoms with E-state index in [1.54, 1.807) is 27.4 Å². The standard InChI is InChI=1S/C34H35F2N3O2/c1-3-4-6-9-25-12-14-27(15-13-25)33(40)37-18-20-38(21-19-37)34(41)29-23-32(26-10-7-5-8-11-26)39(24(29)2)31-17-16-28(35)22-30(31)36/h5,7-8,10-17,22-23H,3-4,6,9,18-21H2,1-2H3. The summed E-state index contributed by atoms with van der Waals surface area (Å²) in [5.74, 6) is -1.58. The fraction of sp³-hybridized carbons (Fsp3) is 0.294. The molecule has 0 atom stereocenters. The van der Waals surface area contributed by atoms with E-state index in [1.165, 1.54) is 30.5 Å². The first kappa shape index (κ1) is 28.3. The van der Waals surface area contributed by atoms with Crippen LogP contribution in [0.5, 0.6) is 0 Å². The minimum atomic E-state index is -0.707. The number of nitrogens with zero attached hydrogens (tertiary/aromatic N) is 3. The summed E-state index contributed by atoms with van der Waals surface area (Å²) in [6.45, 7) is 5.62. The minimum Gasteiger partial charge on any atom is -0.335 e. The quantitative estimate of drug-likeness (QED) is 0.219. The van der Waals surface area contributed by atoms with Crippen LogP contribution in [0, 0.1) is 18.6 Å². The van der Waals surface area contributed by atoms with Gasteiger partial charge in [-0.05, 0) is 61.2 Å². The zero-order chi connectivity index (χ0) is 28.9. The number of hydrogen-bond donors (Lipinski definition) is 0. The monoisotopic (exact) mass is 555 g/mol. The molecule has 1 aromatic heterocycles. The van der Waals surface area contributed by atoms with Gasteiger partial charge in [-0.25, -0.2) is 8.78 Å². The molecule has 0 radical (unpaired) electrons. The third kappa shape index (κ3) is 6.09. The highest BCUT2D eigenvalue weighted by Gasteiger charge is 2.29. The fourth-order valence-corrected chi connectivity index (χ4v) is 5.48. The molecule has 2 amide bonds. The van der Waals surface area contributed by atoms with Gasteiger partial charge in [0.15, 0.2) is 0 Å². The maximum Gasteiger partial charge on any atom is 0.255 e. The van der Waals surface area contributed by atoms with Gasteiger partial charge in [0.05, 0.1) is 16.9 Å². The number of carbonyl (C=O) groups excluding carboxylic acids is 2. The highest BCUT2D eigenvalue weighted by atomic mass is 19.1. The van der Waals surface area contributed by atoms with Crippen molar-refractivity contribution in [3.05, 3.63) is 113 Å². The van der Waals surface area contributed by atoms with E-state index < -0.39 is 11.6 Å². The van der Waals surface area contributed by atoms with Gasteiger partial charge in [-0.3, -0.25) is 9.59 Å².